The first-order chi connectivity index (χ1) is 15.7. The number of rotatable bonds is 10. The third-order valence-electron chi connectivity index (χ3n) is 4.81. The Morgan fingerprint density at radius 1 is 0.909 bits per heavy atom. The molecule has 1 fully saturated rings. The van der Waals surface area contributed by atoms with Crippen molar-refractivity contribution in [3.8, 4) is 0 Å². The second kappa shape index (κ2) is 12.9. The summed E-state index contributed by atoms with van der Waals surface area (Å²) in [6.07, 6.45) is -2.85. The van der Waals surface area contributed by atoms with Crippen LogP contribution in [0.25, 0.3) is 0 Å². The predicted molar refractivity (Wildman–Crippen MR) is 115 cm³/mol. The summed E-state index contributed by atoms with van der Waals surface area (Å²) in [6, 6.07) is 8.89. The van der Waals surface area contributed by atoms with Crippen LogP contribution in [0.5, 0.6) is 0 Å². The van der Waals surface area contributed by atoms with Crippen LogP contribution in [0.3, 0.4) is 0 Å². The molecule has 0 aromatic heterocycles. The predicted octanol–water partition coefficient (Wildman–Crippen LogP) is 1.29. The molecule has 182 valence electrons. The molecule has 0 saturated carbocycles. The Balaban J connectivity index is 2.21. The Bertz CT molecular complexity index is 813. The van der Waals surface area contributed by atoms with Gasteiger partial charge in [0.2, 0.25) is 5.91 Å². The largest absolute Gasteiger partial charge is 0.463 e. The summed E-state index contributed by atoms with van der Waals surface area (Å²) in [7, 11) is 0. The molecule has 0 bridgehead atoms. The highest BCUT2D eigenvalue weighted by Crippen LogP contribution is 2.28. The first kappa shape index (κ1) is 26.3. The zero-order chi connectivity index (χ0) is 24.4. The van der Waals surface area contributed by atoms with Crippen LogP contribution in [-0.4, -0.2) is 67.7 Å². The van der Waals surface area contributed by atoms with E-state index in [4.69, 9.17) is 23.7 Å². The zero-order valence-electron chi connectivity index (χ0n) is 19.3. The van der Waals surface area contributed by atoms with E-state index < -0.39 is 54.5 Å². The summed E-state index contributed by atoms with van der Waals surface area (Å²) >= 11 is 0. The van der Waals surface area contributed by atoms with Gasteiger partial charge in [0.05, 0.1) is 6.61 Å². The van der Waals surface area contributed by atoms with Gasteiger partial charge >= 0.3 is 17.9 Å². The molecular weight excluding hydrogens is 434 g/mol. The molecule has 1 N–H and O–H groups in total. The minimum absolute atomic E-state index is 0.262. The van der Waals surface area contributed by atoms with E-state index in [0.29, 0.717) is 6.42 Å². The van der Waals surface area contributed by atoms with E-state index in [1.54, 1.807) is 0 Å². The number of carbonyl (C=O) groups excluding carboxylic acids is 4. The number of carbonyl (C=O) groups is 4. The lowest BCUT2D eigenvalue weighted by molar-refractivity contribution is -0.277. The minimum atomic E-state index is -1.13. The Morgan fingerprint density at radius 2 is 1.55 bits per heavy atom. The molecule has 1 aromatic carbocycles. The molecule has 1 saturated heterocycles. The molecule has 5 atom stereocenters. The first-order valence-corrected chi connectivity index (χ1v) is 10.7. The summed E-state index contributed by atoms with van der Waals surface area (Å²) in [4.78, 5) is 46.8. The number of hydrogen-bond acceptors (Lipinski definition) is 9. The van der Waals surface area contributed by atoms with E-state index in [2.05, 4.69) is 5.32 Å². The fourth-order valence-electron chi connectivity index (χ4n) is 3.55. The summed E-state index contributed by atoms with van der Waals surface area (Å²) < 4.78 is 27.7. The topological polar surface area (TPSA) is 126 Å². The number of benzene rings is 1. The van der Waals surface area contributed by atoms with Gasteiger partial charge in [-0.15, -0.1) is 0 Å². The monoisotopic (exact) mass is 465 g/mol. The normalized spacial score (nSPS) is 24.4. The molecule has 10 nitrogen and oxygen atoms in total. The standard InChI is InChI=1S/C23H31NO9/c1-14(25)24-20-22(32-17(4)28)21(31-16(3)27)19(13-30-15(2)26)33-23(20)29-12-8-11-18-9-6-5-7-10-18/h5-7,9-10,19-23H,8,11-13H2,1-4H3,(H,24,25)/t19-,20-,21+,22+,23-/m0/s1. The van der Waals surface area contributed by atoms with Crippen molar-refractivity contribution in [2.24, 2.45) is 0 Å². The highest BCUT2D eigenvalue weighted by atomic mass is 16.7. The number of nitrogens with one attached hydrogen (secondary N) is 1. The molecule has 33 heavy (non-hydrogen) atoms. The van der Waals surface area contributed by atoms with E-state index in [0.717, 1.165) is 12.0 Å². The van der Waals surface area contributed by atoms with Crippen molar-refractivity contribution in [2.45, 2.75) is 71.2 Å². The molecule has 0 radical (unpaired) electrons. The molecule has 0 spiro atoms. The van der Waals surface area contributed by atoms with Gasteiger partial charge in [0.1, 0.15) is 18.8 Å². The van der Waals surface area contributed by atoms with Gasteiger partial charge < -0.3 is 29.0 Å². The number of hydrogen-bond donors (Lipinski definition) is 1. The van der Waals surface area contributed by atoms with Crippen molar-refractivity contribution in [1.29, 1.82) is 0 Å². The van der Waals surface area contributed by atoms with Crippen LogP contribution < -0.4 is 5.32 Å². The van der Waals surface area contributed by atoms with Crippen LogP contribution >= 0.6 is 0 Å². The highest BCUT2D eigenvalue weighted by molar-refractivity contribution is 5.73. The van der Waals surface area contributed by atoms with Crippen LogP contribution in [0.15, 0.2) is 30.3 Å². The van der Waals surface area contributed by atoms with Crippen molar-refractivity contribution < 1.29 is 42.9 Å². The van der Waals surface area contributed by atoms with E-state index >= 15 is 0 Å². The summed E-state index contributed by atoms with van der Waals surface area (Å²) in [5.41, 5.74) is 1.14. The summed E-state index contributed by atoms with van der Waals surface area (Å²) in [5.74, 6) is -2.28. The van der Waals surface area contributed by atoms with Gasteiger partial charge in [-0.3, -0.25) is 19.2 Å². The third-order valence-corrected chi connectivity index (χ3v) is 4.81. The fraction of sp³-hybridized carbons (Fsp3) is 0.565. The van der Waals surface area contributed by atoms with E-state index in [9.17, 15) is 19.2 Å². The van der Waals surface area contributed by atoms with E-state index in [1.807, 2.05) is 30.3 Å². The van der Waals surface area contributed by atoms with Gasteiger partial charge in [0.15, 0.2) is 18.5 Å². The highest BCUT2D eigenvalue weighted by Gasteiger charge is 2.51. The van der Waals surface area contributed by atoms with Crippen LogP contribution in [0.4, 0.5) is 0 Å². The number of esters is 3. The van der Waals surface area contributed by atoms with E-state index in [1.165, 1.54) is 27.7 Å². The van der Waals surface area contributed by atoms with Crippen LogP contribution in [0.1, 0.15) is 39.7 Å². The molecular formula is C23H31NO9. The number of amides is 1. The van der Waals surface area contributed by atoms with Crippen molar-refractivity contribution in [1.82, 2.24) is 5.32 Å². The maximum absolute atomic E-state index is 11.9. The quantitative estimate of drug-likeness (QED) is 0.309. The number of aryl methyl sites for hydroxylation is 1. The fourth-order valence-corrected chi connectivity index (χ4v) is 3.55. The first-order valence-electron chi connectivity index (χ1n) is 10.7. The molecule has 1 heterocycles. The van der Waals surface area contributed by atoms with Crippen LogP contribution in [-0.2, 0) is 49.3 Å². The summed E-state index contributed by atoms with van der Waals surface area (Å²) in [5, 5.41) is 2.67. The van der Waals surface area contributed by atoms with Gasteiger partial charge in [-0.1, -0.05) is 30.3 Å². The minimum Gasteiger partial charge on any atom is -0.463 e. The van der Waals surface area contributed by atoms with E-state index in [-0.39, 0.29) is 13.2 Å². The zero-order valence-corrected chi connectivity index (χ0v) is 19.3. The van der Waals surface area contributed by atoms with Gasteiger partial charge in [-0.25, -0.2) is 0 Å². The van der Waals surface area contributed by atoms with Crippen molar-refractivity contribution in [2.75, 3.05) is 13.2 Å². The Hall–Kier alpha value is -2.98. The van der Waals surface area contributed by atoms with Gasteiger partial charge in [-0.2, -0.15) is 0 Å². The molecule has 1 aliphatic heterocycles. The Kier molecular flexibility index (Phi) is 10.3. The third kappa shape index (κ3) is 8.82. The average Bonchev–Trinajstić information content (AvgIpc) is 2.73. The average molecular weight is 465 g/mol. The van der Waals surface area contributed by atoms with Gasteiger partial charge in [0.25, 0.3) is 0 Å². The van der Waals surface area contributed by atoms with Crippen molar-refractivity contribution >= 4 is 23.8 Å². The maximum atomic E-state index is 11.9. The summed E-state index contributed by atoms with van der Waals surface area (Å²) in [6.45, 7) is 4.92. The lowest BCUT2D eigenvalue weighted by atomic mass is 9.96. The lowest BCUT2D eigenvalue weighted by Gasteiger charge is -2.44. The molecule has 0 unspecified atom stereocenters. The lowest BCUT2D eigenvalue weighted by Crippen LogP contribution is -2.66. The smallest absolute Gasteiger partial charge is 0.303 e. The van der Waals surface area contributed by atoms with Crippen LogP contribution in [0, 0.1) is 0 Å². The van der Waals surface area contributed by atoms with Gasteiger partial charge in [-0.05, 0) is 18.4 Å². The second-order valence-electron chi connectivity index (χ2n) is 7.68. The molecule has 1 amide bonds. The SMILES string of the molecule is CC(=O)N[C@@H]1[C@@H](OCCCc2ccccc2)O[C@@H](COC(C)=O)[C@@H](OC(C)=O)[C@@H]1OC(C)=O. The molecule has 0 aliphatic carbocycles. The van der Waals surface area contributed by atoms with Crippen LogP contribution in [0.2, 0.25) is 0 Å². The molecule has 2 rings (SSSR count). The second-order valence-corrected chi connectivity index (χ2v) is 7.68. The Morgan fingerprint density at radius 3 is 2.12 bits per heavy atom. The molecule has 1 aliphatic rings. The van der Waals surface area contributed by atoms with Crippen molar-refractivity contribution in [3.05, 3.63) is 35.9 Å². The van der Waals surface area contributed by atoms with Crippen molar-refractivity contribution in [3.63, 3.8) is 0 Å². The maximum Gasteiger partial charge on any atom is 0.303 e. The number of ether oxygens (including phenoxy) is 5. The Labute approximate surface area is 192 Å². The van der Waals surface area contributed by atoms with Gasteiger partial charge in [0, 0.05) is 27.7 Å². The molecule has 10 heteroatoms. The molecule has 1 aromatic rings.